The maximum absolute atomic E-state index is 12.0. The van der Waals surface area contributed by atoms with Gasteiger partial charge in [0, 0.05) is 28.5 Å². The summed E-state index contributed by atoms with van der Waals surface area (Å²) in [5.41, 5.74) is 2.44. The van der Waals surface area contributed by atoms with Gasteiger partial charge in [0.1, 0.15) is 0 Å². The summed E-state index contributed by atoms with van der Waals surface area (Å²) < 4.78 is 5.02. The molecule has 0 radical (unpaired) electrons. The third-order valence-corrected chi connectivity index (χ3v) is 4.95. The van der Waals surface area contributed by atoms with Gasteiger partial charge in [0.05, 0.1) is 15.7 Å². The largest absolute Gasteiger partial charge is 0.456 e. The summed E-state index contributed by atoms with van der Waals surface area (Å²) in [5.74, 6) is -0.973. The Bertz CT molecular complexity index is 994. The number of esters is 1. The van der Waals surface area contributed by atoms with Crippen LogP contribution in [0.5, 0.6) is 0 Å². The molecule has 0 aliphatic carbocycles. The van der Waals surface area contributed by atoms with Gasteiger partial charge >= 0.3 is 5.97 Å². The zero-order chi connectivity index (χ0) is 20.1. The van der Waals surface area contributed by atoms with Crippen LogP contribution in [0.1, 0.15) is 18.4 Å². The van der Waals surface area contributed by atoms with Crippen LogP contribution in [0, 0.1) is 0 Å². The highest BCUT2D eigenvalue weighted by Gasteiger charge is 2.13. The number of aryl methyl sites for hydroxylation is 1. The molecule has 1 heterocycles. The Morgan fingerprint density at radius 2 is 1.79 bits per heavy atom. The van der Waals surface area contributed by atoms with Gasteiger partial charge in [-0.15, -0.1) is 0 Å². The minimum atomic E-state index is -0.531. The Morgan fingerprint density at radius 1 is 1.07 bits per heavy atom. The lowest BCUT2D eigenvalue weighted by atomic mass is 10.1. The van der Waals surface area contributed by atoms with Crippen molar-refractivity contribution in [3.63, 3.8) is 0 Å². The Morgan fingerprint density at radius 3 is 2.54 bits per heavy atom. The van der Waals surface area contributed by atoms with Gasteiger partial charge in [0.15, 0.2) is 6.61 Å². The van der Waals surface area contributed by atoms with Crippen LogP contribution in [-0.2, 0) is 20.7 Å². The van der Waals surface area contributed by atoms with Gasteiger partial charge in [-0.2, -0.15) is 0 Å². The first-order valence-electron chi connectivity index (χ1n) is 8.59. The van der Waals surface area contributed by atoms with Gasteiger partial charge in [0.2, 0.25) is 0 Å². The van der Waals surface area contributed by atoms with Crippen LogP contribution >= 0.6 is 34.8 Å². The molecular weight excluding hydrogens is 423 g/mol. The lowest BCUT2D eigenvalue weighted by Crippen LogP contribution is -2.21. The molecule has 0 atom stereocenters. The SMILES string of the molecule is O=C(COC(=O)CCCc1c[nH]c2ccccc12)Nc1c(Cl)cc(Cl)cc1Cl. The highest BCUT2D eigenvalue weighted by Crippen LogP contribution is 2.33. The standard InChI is InChI=1S/C20H17Cl3N2O3/c21-13-8-15(22)20(16(23)9-13)25-18(26)11-28-19(27)7-3-4-12-10-24-17-6-2-1-5-14(12)17/h1-2,5-6,8-10,24H,3-4,7,11H2,(H,25,26). The molecule has 3 aromatic rings. The number of aromatic amines is 1. The predicted molar refractivity (Wildman–Crippen MR) is 112 cm³/mol. The molecule has 0 unspecified atom stereocenters. The Kier molecular flexibility index (Phi) is 6.83. The highest BCUT2D eigenvalue weighted by atomic mass is 35.5. The van der Waals surface area contributed by atoms with Crippen molar-refractivity contribution in [1.82, 2.24) is 4.98 Å². The summed E-state index contributed by atoms with van der Waals surface area (Å²) in [4.78, 5) is 27.1. The number of carbonyl (C=O) groups is 2. The number of amides is 1. The molecule has 28 heavy (non-hydrogen) atoms. The van der Waals surface area contributed by atoms with E-state index in [1.54, 1.807) is 0 Å². The van der Waals surface area contributed by atoms with E-state index in [4.69, 9.17) is 39.5 Å². The minimum Gasteiger partial charge on any atom is -0.456 e. The fourth-order valence-corrected chi connectivity index (χ4v) is 3.73. The van der Waals surface area contributed by atoms with E-state index in [0.717, 1.165) is 22.9 Å². The number of para-hydroxylation sites is 1. The monoisotopic (exact) mass is 438 g/mol. The lowest BCUT2D eigenvalue weighted by molar-refractivity contribution is -0.147. The number of hydrogen-bond acceptors (Lipinski definition) is 3. The first-order valence-corrected chi connectivity index (χ1v) is 9.72. The summed E-state index contributed by atoms with van der Waals surface area (Å²) in [7, 11) is 0. The molecule has 2 aromatic carbocycles. The number of benzene rings is 2. The van der Waals surface area contributed by atoms with Gasteiger partial charge in [0.25, 0.3) is 5.91 Å². The van der Waals surface area contributed by atoms with Crippen molar-refractivity contribution < 1.29 is 14.3 Å². The molecule has 3 rings (SSSR count). The van der Waals surface area contributed by atoms with Crippen LogP contribution in [0.2, 0.25) is 15.1 Å². The van der Waals surface area contributed by atoms with E-state index >= 15 is 0 Å². The van der Waals surface area contributed by atoms with Crippen molar-refractivity contribution >= 4 is 63.3 Å². The van der Waals surface area contributed by atoms with E-state index in [0.29, 0.717) is 11.4 Å². The first kappa shape index (κ1) is 20.5. The number of anilines is 1. The van der Waals surface area contributed by atoms with Crippen molar-refractivity contribution in [1.29, 1.82) is 0 Å². The fraction of sp³-hybridized carbons (Fsp3) is 0.200. The molecular formula is C20H17Cl3N2O3. The molecule has 0 saturated carbocycles. The molecule has 0 aliphatic rings. The number of nitrogens with one attached hydrogen (secondary N) is 2. The van der Waals surface area contributed by atoms with Crippen molar-refractivity contribution in [2.45, 2.75) is 19.3 Å². The van der Waals surface area contributed by atoms with Crippen molar-refractivity contribution in [3.05, 3.63) is 63.2 Å². The van der Waals surface area contributed by atoms with E-state index in [9.17, 15) is 9.59 Å². The molecule has 2 N–H and O–H groups in total. The Balaban J connectivity index is 1.43. The molecule has 5 nitrogen and oxygen atoms in total. The van der Waals surface area contributed by atoms with Gasteiger partial charge < -0.3 is 15.0 Å². The van der Waals surface area contributed by atoms with Crippen LogP contribution in [-0.4, -0.2) is 23.5 Å². The van der Waals surface area contributed by atoms with Gasteiger partial charge in [-0.05, 0) is 36.6 Å². The summed E-state index contributed by atoms with van der Waals surface area (Å²) in [6, 6.07) is 10.9. The van der Waals surface area contributed by atoms with E-state index in [1.807, 2.05) is 30.5 Å². The number of halogens is 3. The number of aromatic nitrogens is 1. The molecule has 1 aromatic heterocycles. The average molecular weight is 440 g/mol. The first-order chi connectivity index (χ1) is 13.4. The van der Waals surface area contributed by atoms with Crippen LogP contribution < -0.4 is 5.32 Å². The minimum absolute atomic E-state index is 0.205. The molecule has 0 saturated heterocycles. The van der Waals surface area contributed by atoms with Gasteiger partial charge in [-0.3, -0.25) is 9.59 Å². The van der Waals surface area contributed by atoms with E-state index in [1.165, 1.54) is 12.1 Å². The quantitative estimate of drug-likeness (QED) is 0.468. The zero-order valence-electron chi connectivity index (χ0n) is 14.7. The highest BCUT2D eigenvalue weighted by molar-refractivity contribution is 6.42. The average Bonchev–Trinajstić information content (AvgIpc) is 3.06. The summed E-state index contributed by atoms with van der Waals surface area (Å²) in [6.45, 7) is -0.415. The zero-order valence-corrected chi connectivity index (χ0v) is 17.0. The number of ether oxygens (including phenoxy) is 1. The van der Waals surface area contributed by atoms with Crippen LogP contribution in [0.25, 0.3) is 10.9 Å². The normalized spacial score (nSPS) is 10.8. The molecule has 146 valence electrons. The molecule has 1 amide bonds. The van der Waals surface area contributed by atoms with E-state index in [2.05, 4.69) is 10.3 Å². The van der Waals surface area contributed by atoms with Crippen molar-refractivity contribution in [2.24, 2.45) is 0 Å². The maximum atomic E-state index is 12.0. The number of fused-ring (bicyclic) bond motifs is 1. The van der Waals surface area contributed by atoms with Gasteiger partial charge in [-0.25, -0.2) is 0 Å². The molecule has 8 heteroatoms. The van der Waals surface area contributed by atoms with Crippen LogP contribution in [0.3, 0.4) is 0 Å². The predicted octanol–water partition coefficient (Wildman–Crippen LogP) is 5.63. The maximum Gasteiger partial charge on any atom is 0.306 e. The second-order valence-corrected chi connectivity index (χ2v) is 7.42. The molecule has 0 aliphatic heterocycles. The van der Waals surface area contributed by atoms with Crippen LogP contribution in [0.15, 0.2) is 42.6 Å². The van der Waals surface area contributed by atoms with Gasteiger partial charge in [-0.1, -0.05) is 53.0 Å². The summed E-state index contributed by atoms with van der Waals surface area (Å²) in [5, 5.41) is 4.43. The van der Waals surface area contributed by atoms with E-state index in [-0.39, 0.29) is 22.2 Å². The summed E-state index contributed by atoms with van der Waals surface area (Å²) >= 11 is 17.8. The van der Waals surface area contributed by atoms with Crippen molar-refractivity contribution in [3.8, 4) is 0 Å². The third kappa shape index (κ3) is 5.19. The number of carbonyl (C=O) groups excluding carboxylic acids is 2. The number of rotatable bonds is 7. The summed E-state index contributed by atoms with van der Waals surface area (Å²) in [6.07, 6.45) is 3.52. The number of H-pyrrole nitrogens is 1. The van der Waals surface area contributed by atoms with Crippen LogP contribution in [0.4, 0.5) is 5.69 Å². The Labute approximate surface area is 176 Å². The topological polar surface area (TPSA) is 71.2 Å². The molecule has 0 spiro atoms. The van der Waals surface area contributed by atoms with E-state index < -0.39 is 18.5 Å². The Hall–Kier alpha value is -2.21. The smallest absolute Gasteiger partial charge is 0.306 e. The molecule has 0 bridgehead atoms. The lowest BCUT2D eigenvalue weighted by Gasteiger charge is -2.10. The molecule has 0 fully saturated rings. The fourth-order valence-electron chi connectivity index (χ4n) is 2.82. The second-order valence-electron chi connectivity index (χ2n) is 6.17. The third-order valence-electron chi connectivity index (χ3n) is 4.14. The van der Waals surface area contributed by atoms with Crippen molar-refractivity contribution in [2.75, 3.05) is 11.9 Å². The second kappa shape index (κ2) is 9.32. The number of hydrogen-bond donors (Lipinski definition) is 2.